The number of carbonyl (C=O) groups excluding carboxylic acids is 2. The molecule has 0 radical (unpaired) electrons. The van der Waals surface area contributed by atoms with Gasteiger partial charge >= 0.3 is 6.09 Å². The lowest BCUT2D eigenvalue weighted by atomic mass is 9.83. The van der Waals surface area contributed by atoms with Crippen LogP contribution in [0.4, 0.5) is 4.79 Å². The molecule has 1 spiro atoms. The third kappa shape index (κ3) is 2.99. The number of β-lactam (4-membered cyclic amide) rings is 1. The third-order valence-corrected chi connectivity index (χ3v) is 4.56. The van der Waals surface area contributed by atoms with Crippen LogP contribution in [-0.2, 0) is 9.59 Å². The van der Waals surface area contributed by atoms with E-state index in [2.05, 4.69) is 5.32 Å². The molecule has 2 aliphatic heterocycles. The predicted octanol–water partition coefficient (Wildman–Crippen LogP) is -0.137. The van der Waals surface area contributed by atoms with E-state index in [1.54, 1.807) is 0 Å². The van der Waals surface area contributed by atoms with Crippen LogP contribution in [0.15, 0.2) is 0 Å². The van der Waals surface area contributed by atoms with Gasteiger partial charge in [0.1, 0.15) is 11.6 Å². The first-order chi connectivity index (χ1) is 10.7. The molecule has 0 bridgehead atoms. The maximum Gasteiger partial charge on any atom is 0.408 e. The molecule has 0 saturated carbocycles. The topological polar surface area (TPSA) is 110 Å². The number of hydrogen-bond acceptors (Lipinski definition) is 4. The number of nitrogens with one attached hydrogen (secondary N) is 1. The SMILES string of the molecule is CC(C)CNC(=O)[C@H]([C@@H](C)O)N1CC2(CCCN2C(=O)O)C1=O. The van der Waals surface area contributed by atoms with Crippen LogP contribution in [0.3, 0.4) is 0 Å². The van der Waals surface area contributed by atoms with Crippen molar-refractivity contribution in [3.63, 3.8) is 0 Å². The molecule has 8 nitrogen and oxygen atoms in total. The van der Waals surface area contributed by atoms with Crippen molar-refractivity contribution in [3.05, 3.63) is 0 Å². The molecular weight excluding hydrogens is 302 g/mol. The van der Waals surface area contributed by atoms with Gasteiger partial charge in [-0.1, -0.05) is 13.8 Å². The van der Waals surface area contributed by atoms with Crippen molar-refractivity contribution in [2.45, 2.75) is 51.3 Å². The van der Waals surface area contributed by atoms with Crippen molar-refractivity contribution < 1.29 is 24.6 Å². The van der Waals surface area contributed by atoms with Gasteiger partial charge in [0.25, 0.3) is 5.91 Å². The smallest absolute Gasteiger partial charge is 0.408 e. The minimum Gasteiger partial charge on any atom is -0.465 e. The quantitative estimate of drug-likeness (QED) is 0.609. The van der Waals surface area contributed by atoms with Gasteiger partial charge in [-0.2, -0.15) is 0 Å². The van der Waals surface area contributed by atoms with E-state index in [9.17, 15) is 24.6 Å². The van der Waals surface area contributed by atoms with Gasteiger partial charge in [-0.3, -0.25) is 14.5 Å². The fourth-order valence-corrected chi connectivity index (χ4v) is 3.40. The van der Waals surface area contributed by atoms with Crippen molar-refractivity contribution in [2.75, 3.05) is 19.6 Å². The zero-order chi connectivity index (χ0) is 17.4. The van der Waals surface area contributed by atoms with Crippen molar-refractivity contribution >= 4 is 17.9 Å². The summed E-state index contributed by atoms with van der Waals surface area (Å²) in [5.74, 6) is -0.538. The zero-order valence-corrected chi connectivity index (χ0v) is 13.8. The Morgan fingerprint density at radius 3 is 2.48 bits per heavy atom. The summed E-state index contributed by atoms with van der Waals surface area (Å²) in [6, 6.07) is -0.983. The molecule has 0 aromatic heterocycles. The van der Waals surface area contributed by atoms with Gasteiger partial charge < -0.3 is 20.4 Å². The molecule has 3 N–H and O–H groups in total. The number of carboxylic acid groups (broad SMARTS) is 1. The number of hydrogen-bond donors (Lipinski definition) is 3. The molecule has 8 heteroatoms. The number of aliphatic hydroxyl groups excluding tert-OH is 1. The van der Waals surface area contributed by atoms with Crippen LogP contribution in [0, 0.1) is 5.92 Å². The second-order valence-corrected chi connectivity index (χ2v) is 6.83. The molecule has 0 aromatic carbocycles. The molecule has 2 heterocycles. The number of aliphatic hydroxyl groups is 1. The predicted molar refractivity (Wildman–Crippen MR) is 81.7 cm³/mol. The van der Waals surface area contributed by atoms with E-state index >= 15 is 0 Å². The van der Waals surface area contributed by atoms with Crippen molar-refractivity contribution in [1.29, 1.82) is 0 Å². The molecule has 2 saturated heterocycles. The van der Waals surface area contributed by atoms with Gasteiger partial charge in [-0.15, -0.1) is 0 Å². The molecule has 2 aliphatic rings. The maximum atomic E-state index is 12.6. The second kappa shape index (κ2) is 6.35. The van der Waals surface area contributed by atoms with Crippen LogP contribution in [0.2, 0.25) is 0 Å². The van der Waals surface area contributed by atoms with Crippen molar-refractivity contribution in [3.8, 4) is 0 Å². The average molecular weight is 327 g/mol. The fraction of sp³-hybridized carbons (Fsp3) is 0.800. The number of likely N-dealkylation sites (tertiary alicyclic amines) is 2. The van der Waals surface area contributed by atoms with E-state index in [1.807, 2.05) is 13.8 Å². The summed E-state index contributed by atoms with van der Waals surface area (Å²) in [5.41, 5.74) is -1.04. The summed E-state index contributed by atoms with van der Waals surface area (Å²) in [4.78, 5) is 38.7. The normalized spacial score (nSPS) is 26.4. The van der Waals surface area contributed by atoms with Crippen LogP contribution in [-0.4, -0.2) is 75.2 Å². The van der Waals surface area contributed by atoms with Gasteiger partial charge in [-0.25, -0.2) is 4.79 Å². The summed E-state index contributed by atoms with van der Waals surface area (Å²) < 4.78 is 0. The summed E-state index contributed by atoms with van der Waals surface area (Å²) in [6.07, 6.45) is -1.05. The Hall–Kier alpha value is -1.83. The minimum atomic E-state index is -1.12. The average Bonchev–Trinajstić information content (AvgIpc) is 2.91. The molecule has 0 aliphatic carbocycles. The Labute approximate surface area is 135 Å². The van der Waals surface area contributed by atoms with Crippen LogP contribution < -0.4 is 5.32 Å². The van der Waals surface area contributed by atoms with Gasteiger partial charge in [0, 0.05) is 13.1 Å². The lowest BCUT2D eigenvalue weighted by Gasteiger charge is -2.53. The van der Waals surface area contributed by atoms with Gasteiger partial charge in [-0.05, 0) is 25.7 Å². The first kappa shape index (κ1) is 17.5. The zero-order valence-electron chi connectivity index (χ0n) is 13.8. The monoisotopic (exact) mass is 327 g/mol. The molecule has 3 atom stereocenters. The largest absolute Gasteiger partial charge is 0.465 e. The van der Waals surface area contributed by atoms with Gasteiger partial charge in [0.05, 0.1) is 12.6 Å². The molecule has 0 aromatic rings. The second-order valence-electron chi connectivity index (χ2n) is 6.83. The lowest BCUT2D eigenvalue weighted by molar-refractivity contribution is -0.171. The third-order valence-electron chi connectivity index (χ3n) is 4.56. The molecule has 3 amide bonds. The molecule has 2 fully saturated rings. The molecule has 2 rings (SSSR count). The number of carbonyl (C=O) groups is 3. The van der Waals surface area contributed by atoms with E-state index in [4.69, 9.17) is 0 Å². The van der Waals surface area contributed by atoms with Gasteiger partial charge in [0.15, 0.2) is 0 Å². The maximum absolute atomic E-state index is 12.6. The van der Waals surface area contributed by atoms with Crippen LogP contribution in [0.1, 0.15) is 33.6 Å². The van der Waals surface area contributed by atoms with Crippen molar-refractivity contribution in [2.24, 2.45) is 5.92 Å². The van der Waals surface area contributed by atoms with E-state index in [-0.39, 0.29) is 18.4 Å². The van der Waals surface area contributed by atoms with E-state index in [0.717, 1.165) is 4.90 Å². The van der Waals surface area contributed by atoms with Gasteiger partial charge in [0.2, 0.25) is 5.91 Å². The van der Waals surface area contributed by atoms with E-state index in [1.165, 1.54) is 11.8 Å². The first-order valence-electron chi connectivity index (χ1n) is 7.98. The number of nitrogens with zero attached hydrogens (tertiary/aromatic N) is 2. The molecular formula is C15H25N3O5. The standard InChI is InChI=1S/C15H25N3O5/c1-9(2)7-16-12(20)11(10(3)19)17-8-15(13(17)21)5-4-6-18(15)14(22)23/h9-11,19H,4-8H2,1-3H3,(H,16,20)(H,22,23)/t10-,11+,15?/m1/s1. The highest BCUT2D eigenvalue weighted by Gasteiger charge is 2.62. The first-order valence-corrected chi connectivity index (χ1v) is 7.98. The summed E-state index contributed by atoms with van der Waals surface area (Å²) in [6.45, 7) is 6.30. The van der Waals surface area contributed by atoms with Crippen molar-refractivity contribution in [1.82, 2.24) is 15.1 Å². The lowest BCUT2D eigenvalue weighted by Crippen LogP contribution is -2.77. The number of rotatable bonds is 5. The van der Waals surface area contributed by atoms with Crippen LogP contribution >= 0.6 is 0 Å². The fourth-order valence-electron chi connectivity index (χ4n) is 3.40. The Bertz CT molecular complexity index is 507. The Morgan fingerprint density at radius 1 is 1.35 bits per heavy atom. The minimum absolute atomic E-state index is 0.156. The summed E-state index contributed by atoms with van der Waals surface area (Å²) in [7, 11) is 0. The highest BCUT2D eigenvalue weighted by atomic mass is 16.4. The number of amides is 3. The highest BCUT2D eigenvalue weighted by molar-refractivity contribution is 5.99. The van der Waals surface area contributed by atoms with E-state index < -0.39 is 29.7 Å². The Balaban J connectivity index is 2.10. The molecule has 23 heavy (non-hydrogen) atoms. The van der Waals surface area contributed by atoms with E-state index in [0.29, 0.717) is 25.9 Å². The summed E-state index contributed by atoms with van der Waals surface area (Å²) in [5, 5.41) is 21.9. The summed E-state index contributed by atoms with van der Waals surface area (Å²) >= 11 is 0. The molecule has 1 unspecified atom stereocenters. The Morgan fingerprint density at radius 2 is 2.00 bits per heavy atom. The van der Waals surface area contributed by atoms with Crippen LogP contribution in [0.5, 0.6) is 0 Å². The van der Waals surface area contributed by atoms with Crippen LogP contribution in [0.25, 0.3) is 0 Å². The Kier molecular flexibility index (Phi) is 4.84. The molecule has 130 valence electrons. The highest BCUT2D eigenvalue weighted by Crippen LogP contribution is 2.40.